The summed E-state index contributed by atoms with van der Waals surface area (Å²) in [4.78, 5) is 160. The molecule has 0 saturated carbocycles. The number of hydrogen-bond acceptors (Lipinski definition) is 14. The third kappa shape index (κ3) is 24.9. The highest BCUT2D eigenvalue weighted by atomic mass is 79.9. The Bertz CT molecular complexity index is 3990. The number of carboxylic acid groups (broad SMARTS) is 3. The van der Waals surface area contributed by atoms with E-state index in [0.717, 1.165) is 22.9 Å². The molecule has 1 aromatic heterocycles. The molecule has 0 spiro atoms. The van der Waals surface area contributed by atoms with Crippen LogP contribution in [-0.2, 0) is 75.6 Å². The molecule has 9 amide bonds. The van der Waals surface area contributed by atoms with Crippen molar-refractivity contribution < 1.29 is 85.7 Å². The number of halogens is 2. The van der Waals surface area contributed by atoms with Gasteiger partial charge in [0.15, 0.2) is 0 Å². The number of benzene rings is 5. The Hall–Kier alpha value is -10.1. The van der Waals surface area contributed by atoms with E-state index in [-0.39, 0.29) is 47.7 Å². The minimum atomic E-state index is -4.59. The van der Waals surface area contributed by atoms with Gasteiger partial charge in [-0.15, -0.1) is 0 Å². The van der Waals surface area contributed by atoms with E-state index < -0.39 is 162 Å². The highest BCUT2D eigenvalue weighted by Crippen LogP contribution is 2.23. The molecule has 1 heterocycles. The van der Waals surface area contributed by atoms with Gasteiger partial charge in [0.2, 0.25) is 57.3 Å². The van der Waals surface area contributed by atoms with Gasteiger partial charge in [-0.2, -0.15) is 4.72 Å². The Balaban J connectivity index is 1.07. The van der Waals surface area contributed by atoms with Gasteiger partial charge < -0.3 is 68.6 Å². The van der Waals surface area contributed by atoms with Gasteiger partial charge in [0.1, 0.15) is 42.1 Å². The number of amides is 9. The number of nitrogens with two attached hydrogens (primary N) is 1. The molecule has 6 rings (SSSR count). The van der Waals surface area contributed by atoms with Crippen molar-refractivity contribution in [3.05, 3.63) is 148 Å². The van der Waals surface area contributed by atoms with Gasteiger partial charge in [0.25, 0.3) is 5.91 Å². The predicted molar refractivity (Wildman–Crippen MR) is 355 cm³/mol. The van der Waals surface area contributed by atoms with E-state index in [9.17, 15) is 85.7 Å². The Morgan fingerprint density at radius 1 is 0.546 bits per heavy atom. The number of aliphatic carboxylic acids is 3. The monoisotopic (exact) mass is 1430 g/mol. The van der Waals surface area contributed by atoms with Crippen LogP contribution < -0.4 is 53.0 Å². The van der Waals surface area contributed by atoms with E-state index >= 15 is 0 Å². The molecule has 5 aromatic carbocycles. The van der Waals surface area contributed by atoms with E-state index in [1.54, 1.807) is 42.6 Å². The van der Waals surface area contributed by atoms with Crippen molar-refractivity contribution in [1.82, 2.24) is 52.2 Å². The summed E-state index contributed by atoms with van der Waals surface area (Å²) in [7, 11) is -4.59. The number of para-hydroxylation sites is 1. The van der Waals surface area contributed by atoms with Crippen molar-refractivity contribution in [2.45, 2.75) is 138 Å². The lowest BCUT2D eigenvalue weighted by atomic mass is 10.0. The first-order valence-corrected chi connectivity index (χ1v) is 33.3. The van der Waals surface area contributed by atoms with Crippen molar-refractivity contribution in [2.24, 2.45) is 5.73 Å². The molecule has 0 aliphatic carbocycles. The van der Waals surface area contributed by atoms with E-state index in [1.165, 1.54) is 37.3 Å². The van der Waals surface area contributed by atoms with Crippen LogP contribution in [0.1, 0.15) is 104 Å². The first-order chi connectivity index (χ1) is 46.1. The number of nitrogens with one attached hydrogen (secondary N) is 10. The molecule has 97 heavy (non-hydrogen) atoms. The van der Waals surface area contributed by atoms with E-state index in [1.807, 2.05) is 35.1 Å². The number of hydrogen-bond donors (Lipinski definition) is 14. The minimum Gasteiger partial charge on any atom is -0.481 e. The molecular formula is C66H77BrFN11O17S. The summed E-state index contributed by atoms with van der Waals surface area (Å²) in [6.07, 6.45) is -0.418. The number of aryl methyl sites for hydroxylation is 1. The lowest BCUT2D eigenvalue weighted by Crippen LogP contribution is -2.58. The third-order valence-electron chi connectivity index (χ3n) is 15.4. The molecule has 0 bridgehead atoms. The van der Waals surface area contributed by atoms with Gasteiger partial charge >= 0.3 is 17.9 Å². The Morgan fingerprint density at radius 2 is 1.15 bits per heavy atom. The molecular weight excluding hydrogens is 1350 g/mol. The molecule has 518 valence electrons. The number of carbonyl (C=O) groups excluding carboxylic acids is 9. The molecule has 0 saturated heterocycles. The smallest absolute Gasteiger partial charge is 0.305 e. The van der Waals surface area contributed by atoms with Crippen molar-refractivity contribution in [3.8, 4) is 0 Å². The largest absolute Gasteiger partial charge is 0.481 e. The van der Waals surface area contributed by atoms with Gasteiger partial charge in [-0.3, -0.25) is 57.5 Å². The number of sulfonamides is 1. The summed E-state index contributed by atoms with van der Waals surface area (Å²) in [6.45, 7) is 0.803. The molecule has 28 nitrogen and oxygen atoms in total. The summed E-state index contributed by atoms with van der Waals surface area (Å²) in [5.74, 6) is -13.0. The lowest BCUT2D eigenvalue weighted by molar-refractivity contribution is -0.140. The van der Waals surface area contributed by atoms with Crippen LogP contribution in [0.2, 0.25) is 0 Å². The maximum atomic E-state index is 14.6. The molecule has 31 heteroatoms. The van der Waals surface area contributed by atoms with E-state index in [0.29, 0.717) is 65.2 Å². The number of H-pyrrole nitrogens is 1. The average Bonchev–Trinajstić information content (AvgIpc) is 1.83. The minimum absolute atomic E-state index is 0.00638. The standard InChI is InChI=1S/C66H77BrFN11O17S/c1-38-30-44(67)22-25-54(38)97(95,96)79-53(35-59(86)87)66(94)77-50(24-27-58(84)85)63(91)73-37-56(81)75-51(32-39-12-11-15-45(68)31-39)64(92)78-52(34-43-36-72-47-17-7-6-16-46(43)47)65(93)76-49(23-26-57(82)83)62(90)71-28-9-2-3-19-55(80)74-48(60(69)88)18-8-10-29-70-61(89)42-21-20-40-13-4-5-14-41(40)33-42/h4-7,11-17,20-22,25,30-31,33,36,48-53,72,79H,2-3,8-10,18-19,23-24,26-29,32,34-35,37H2,1H3,(H2,69,88)(H,70,89)(H,71,90)(H,73,91)(H,74,80)(H,75,81)(H,76,93)(H,77,94)(H,78,92)(H,82,83)(H,84,85)(H,86,87)/t48-,49-,50-,51-,52-,53+/m0/s1. The number of carbonyl (C=O) groups is 12. The molecule has 0 aliphatic heterocycles. The molecule has 15 N–H and O–H groups in total. The quantitative estimate of drug-likeness (QED) is 0.0246. The fourth-order valence-electron chi connectivity index (χ4n) is 10.4. The normalized spacial score (nSPS) is 13.1. The van der Waals surface area contributed by atoms with E-state index in [4.69, 9.17) is 5.73 Å². The predicted octanol–water partition coefficient (Wildman–Crippen LogP) is 3.17. The average molecular weight is 1430 g/mol. The maximum absolute atomic E-state index is 14.6. The zero-order valence-corrected chi connectivity index (χ0v) is 55.2. The maximum Gasteiger partial charge on any atom is 0.305 e. The number of aromatic amines is 1. The summed E-state index contributed by atoms with van der Waals surface area (Å²) in [5, 5.41) is 51.5. The first kappa shape index (κ1) is 75.9. The summed E-state index contributed by atoms with van der Waals surface area (Å²) in [6, 6.07) is 19.4. The van der Waals surface area contributed by atoms with Crippen molar-refractivity contribution >= 4 is 119 Å². The molecule has 0 fully saturated rings. The van der Waals surface area contributed by atoms with Crippen LogP contribution in [-0.4, -0.2) is 156 Å². The van der Waals surface area contributed by atoms with Gasteiger partial charge in [0, 0.05) is 72.3 Å². The van der Waals surface area contributed by atoms with Gasteiger partial charge in [-0.05, 0) is 128 Å². The number of unbranched alkanes of at least 4 members (excludes halogenated alkanes) is 3. The summed E-state index contributed by atoms with van der Waals surface area (Å²) >= 11 is 3.22. The fourth-order valence-corrected chi connectivity index (χ4v) is 12.3. The molecule has 0 unspecified atom stereocenters. The lowest BCUT2D eigenvalue weighted by Gasteiger charge is -2.26. The molecule has 0 aliphatic rings. The van der Waals surface area contributed by atoms with Crippen LogP contribution in [0.15, 0.2) is 125 Å². The van der Waals surface area contributed by atoms with Crippen LogP contribution in [0.25, 0.3) is 21.7 Å². The van der Waals surface area contributed by atoms with Crippen LogP contribution in [0.5, 0.6) is 0 Å². The van der Waals surface area contributed by atoms with Crippen molar-refractivity contribution in [1.29, 1.82) is 0 Å². The number of aromatic nitrogens is 1. The number of primary amides is 1. The van der Waals surface area contributed by atoms with Crippen molar-refractivity contribution in [2.75, 3.05) is 19.6 Å². The zero-order valence-electron chi connectivity index (χ0n) is 52.8. The molecule has 6 aromatic rings. The molecule has 6 atom stereocenters. The van der Waals surface area contributed by atoms with Crippen LogP contribution in [0, 0.1) is 12.7 Å². The van der Waals surface area contributed by atoms with Crippen LogP contribution in [0.3, 0.4) is 0 Å². The second kappa shape index (κ2) is 37.2. The Labute approximate surface area is 565 Å². The highest BCUT2D eigenvalue weighted by Gasteiger charge is 2.34. The summed E-state index contributed by atoms with van der Waals surface area (Å²) < 4.78 is 44.0. The third-order valence-corrected chi connectivity index (χ3v) is 17.5. The zero-order chi connectivity index (χ0) is 70.8. The highest BCUT2D eigenvalue weighted by molar-refractivity contribution is 9.10. The van der Waals surface area contributed by atoms with E-state index in [2.05, 4.69) is 63.4 Å². The van der Waals surface area contributed by atoms with Crippen LogP contribution >= 0.6 is 15.9 Å². The second-order valence-electron chi connectivity index (χ2n) is 22.9. The second-order valence-corrected chi connectivity index (χ2v) is 25.5. The number of fused-ring (bicyclic) bond motifs is 2. The SMILES string of the molecule is Cc1cc(Br)ccc1S(=O)(=O)N[C@H](CC(=O)O)C(=O)N[C@@H](CCC(=O)O)C(=O)NCC(=O)N[C@@H](Cc1cccc(F)c1)C(=O)N[C@@H](Cc1c[nH]c2ccccc12)C(=O)N[C@@H](CCC(=O)O)C(=O)NCCCCCC(=O)N[C@@H](CCCCNC(=O)c1ccc2ccccc2c1)C(N)=O. The van der Waals surface area contributed by atoms with Gasteiger partial charge in [-0.1, -0.05) is 83.0 Å². The Morgan fingerprint density at radius 3 is 1.81 bits per heavy atom. The number of rotatable bonds is 40. The van der Waals surface area contributed by atoms with Gasteiger partial charge in [-0.25, -0.2) is 12.8 Å². The Kier molecular flexibility index (Phi) is 29.1. The van der Waals surface area contributed by atoms with Crippen molar-refractivity contribution in [3.63, 3.8) is 0 Å². The van der Waals surface area contributed by atoms with Crippen LogP contribution in [0.4, 0.5) is 4.39 Å². The first-order valence-electron chi connectivity index (χ1n) is 31.0. The summed E-state index contributed by atoms with van der Waals surface area (Å²) in [5.41, 5.74) is 7.60. The number of carboxylic acids is 3. The molecule has 0 radical (unpaired) electrons. The topological polar surface area (TPSA) is 450 Å². The van der Waals surface area contributed by atoms with Gasteiger partial charge in [0.05, 0.1) is 17.9 Å². The fraction of sp³-hybridized carbons (Fsp3) is 0.364.